The molecule has 2 fully saturated rings. The van der Waals surface area contributed by atoms with Crippen LogP contribution in [0.1, 0.15) is 37.5 Å². The molecule has 0 unspecified atom stereocenters. The molecule has 0 bridgehead atoms. The minimum atomic E-state index is 0.505. The van der Waals surface area contributed by atoms with Gasteiger partial charge in [0.15, 0.2) is 5.82 Å². The molecule has 0 spiro atoms. The molecule has 1 aliphatic carbocycles. The fraction of sp³-hybridized carbons (Fsp3) is 0.611. The van der Waals surface area contributed by atoms with Crippen molar-refractivity contribution >= 4 is 5.69 Å². The molecule has 25 heavy (non-hydrogen) atoms. The lowest BCUT2D eigenvalue weighted by Gasteiger charge is -2.35. The van der Waals surface area contributed by atoms with Gasteiger partial charge in [-0.1, -0.05) is 12.8 Å². The van der Waals surface area contributed by atoms with Crippen molar-refractivity contribution in [3.05, 3.63) is 30.1 Å². The van der Waals surface area contributed by atoms with E-state index >= 15 is 0 Å². The maximum Gasteiger partial charge on any atom is 0.165 e. The summed E-state index contributed by atoms with van der Waals surface area (Å²) in [5.41, 5.74) is 1.26. The third kappa shape index (κ3) is 3.61. The molecule has 7 nitrogen and oxygen atoms in total. The predicted molar refractivity (Wildman–Crippen MR) is 95.8 cm³/mol. The van der Waals surface area contributed by atoms with Gasteiger partial charge in [0.05, 0.1) is 19.7 Å². The van der Waals surface area contributed by atoms with E-state index in [1.165, 1.54) is 31.4 Å². The second-order valence-corrected chi connectivity index (χ2v) is 6.94. The van der Waals surface area contributed by atoms with Crippen LogP contribution in [-0.2, 0) is 6.54 Å². The van der Waals surface area contributed by atoms with E-state index in [1.807, 2.05) is 12.1 Å². The first kappa shape index (κ1) is 16.3. The van der Waals surface area contributed by atoms with E-state index in [9.17, 15) is 0 Å². The number of hydrogen-bond acceptors (Lipinski definition) is 6. The van der Waals surface area contributed by atoms with Gasteiger partial charge in [0.1, 0.15) is 5.75 Å². The summed E-state index contributed by atoms with van der Waals surface area (Å²) in [5, 5.41) is 12.5. The molecule has 1 saturated heterocycles. The molecule has 7 heteroatoms. The summed E-state index contributed by atoms with van der Waals surface area (Å²) in [6, 6.07) is 8.82. The predicted octanol–water partition coefficient (Wildman–Crippen LogP) is 2.12. The maximum absolute atomic E-state index is 5.24. The van der Waals surface area contributed by atoms with Crippen LogP contribution in [0, 0.1) is 0 Å². The van der Waals surface area contributed by atoms with E-state index in [1.54, 1.807) is 7.11 Å². The smallest absolute Gasteiger partial charge is 0.165 e. The molecule has 2 aliphatic rings. The van der Waals surface area contributed by atoms with Crippen LogP contribution in [0.5, 0.6) is 5.75 Å². The Balaban J connectivity index is 1.34. The van der Waals surface area contributed by atoms with Crippen LogP contribution < -0.4 is 9.64 Å². The third-order valence-electron chi connectivity index (χ3n) is 5.41. The largest absolute Gasteiger partial charge is 0.497 e. The molecule has 0 N–H and O–H groups in total. The van der Waals surface area contributed by atoms with Crippen molar-refractivity contribution in [3.8, 4) is 5.75 Å². The van der Waals surface area contributed by atoms with Gasteiger partial charge in [-0.2, -0.15) is 0 Å². The highest BCUT2D eigenvalue weighted by Crippen LogP contribution is 2.29. The van der Waals surface area contributed by atoms with Crippen molar-refractivity contribution < 1.29 is 4.74 Å². The molecule has 0 atom stereocenters. The van der Waals surface area contributed by atoms with Crippen LogP contribution in [0.25, 0.3) is 0 Å². The first-order valence-electron chi connectivity index (χ1n) is 9.21. The van der Waals surface area contributed by atoms with Crippen molar-refractivity contribution in [2.45, 2.75) is 38.3 Å². The van der Waals surface area contributed by atoms with Gasteiger partial charge in [-0.3, -0.25) is 4.90 Å². The van der Waals surface area contributed by atoms with Crippen LogP contribution >= 0.6 is 0 Å². The number of hydrogen-bond donors (Lipinski definition) is 0. The number of aromatic nitrogens is 4. The van der Waals surface area contributed by atoms with E-state index in [4.69, 9.17) is 4.74 Å². The molecule has 0 amide bonds. The molecule has 1 aromatic carbocycles. The topological polar surface area (TPSA) is 59.3 Å². The number of anilines is 1. The number of piperazine rings is 1. The number of ether oxygens (including phenoxy) is 1. The highest BCUT2D eigenvalue weighted by Gasteiger charge is 2.24. The Bertz CT molecular complexity index is 671. The van der Waals surface area contributed by atoms with Crippen molar-refractivity contribution in [2.24, 2.45) is 0 Å². The molecule has 134 valence electrons. The average Bonchev–Trinajstić information content (AvgIpc) is 3.34. The second-order valence-electron chi connectivity index (χ2n) is 6.94. The molecule has 2 aromatic rings. The average molecular weight is 342 g/mol. The minimum Gasteiger partial charge on any atom is -0.497 e. The van der Waals surface area contributed by atoms with E-state index in [-0.39, 0.29) is 0 Å². The Labute approximate surface area is 148 Å². The summed E-state index contributed by atoms with van der Waals surface area (Å²) in [5.74, 6) is 1.92. The lowest BCUT2D eigenvalue weighted by molar-refractivity contribution is 0.236. The zero-order valence-electron chi connectivity index (χ0n) is 14.8. The van der Waals surface area contributed by atoms with Crippen LogP contribution in [0.4, 0.5) is 5.69 Å². The van der Waals surface area contributed by atoms with Crippen LogP contribution in [0.15, 0.2) is 24.3 Å². The van der Waals surface area contributed by atoms with Gasteiger partial charge in [0.25, 0.3) is 0 Å². The quantitative estimate of drug-likeness (QED) is 0.829. The Morgan fingerprint density at radius 1 is 1.04 bits per heavy atom. The van der Waals surface area contributed by atoms with Crippen LogP contribution in [0.2, 0.25) is 0 Å². The number of benzene rings is 1. The second kappa shape index (κ2) is 7.39. The van der Waals surface area contributed by atoms with Gasteiger partial charge in [0.2, 0.25) is 0 Å². The maximum atomic E-state index is 5.24. The van der Waals surface area contributed by atoms with Crippen LogP contribution in [0.3, 0.4) is 0 Å². The number of nitrogens with zero attached hydrogens (tertiary/aromatic N) is 6. The zero-order chi connectivity index (χ0) is 17.1. The summed E-state index contributed by atoms with van der Waals surface area (Å²) >= 11 is 0. The van der Waals surface area contributed by atoms with E-state index in [0.717, 1.165) is 44.3 Å². The first-order valence-corrected chi connectivity index (χ1v) is 9.21. The first-order chi connectivity index (χ1) is 12.3. The molecule has 2 heterocycles. The van der Waals surface area contributed by atoms with Gasteiger partial charge in [-0.25, -0.2) is 4.68 Å². The lowest BCUT2D eigenvalue weighted by atomic mass is 10.2. The van der Waals surface area contributed by atoms with Crippen molar-refractivity contribution in [1.82, 2.24) is 25.1 Å². The number of tetrazole rings is 1. The normalized spacial score (nSPS) is 19.5. The van der Waals surface area contributed by atoms with Gasteiger partial charge in [0, 0.05) is 31.9 Å². The fourth-order valence-corrected chi connectivity index (χ4v) is 3.91. The third-order valence-corrected chi connectivity index (χ3v) is 5.41. The van der Waals surface area contributed by atoms with Crippen molar-refractivity contribution in [1.29, 1.82) is 0 Å². The van der Waals surface area contributed by atoms with Crippen molar-refractivity contribution in [3.63, 3.8) is 0 Å². The van der Waals surface area contributed by atoms with Gasteiger partial charge in [-0.05, 0) is 47.5 Å². The standard InChI is InChI=1S/C18H26N6O/c1-25-17-8-6-15(7-9-17)23-12-10-22(11-13-23)14-18-19-20-21-24(18)16-4-2-3-5-16/h6-9,16H,2-5,10-14H2,1H3. The molecule has 1 saturated carbocycles. The molecular weight excluding hydrogens is 316 g/mol. The minimum absolute atomic E-state index is 0.505. The van der Waals surface area contributed by atoms with Crippen LogP contribution in [-0.4, -0.2) is 58.4 Å². The molecule has 1 aliphatic heterocycles. The molecular formula is C18H26N6O. The monoisotopic (exact) mass is 342 g/mol. The summed E-state index contributed by atoms with van der Waals surface area (Å²) in [6.07, 6.45) is 5.02. The van der Waals surface area contributed by atoms with E-state index < -0.39 is 0 Å². The summed E-state index contributed by atoms with van der Waals surface area (Å²) in [4.78, 5) is 4.88. The molecule has 1 aromatic heterocycles. The Hall–Kier alpha value is -2.15. The summed E-state index contributed by atoms with van der Waals surface area (Å²) in [7, 11) is 1.70. The van der Waals surface area contributed by atoms with Gasteiger partial charge >= 0.3 is 0 Å². The highest BCUT2D eigenvalue weighted by atomic mass is 16.5. The summed E-state index contributed by atoms with van der Waals surface area (Å²) in [6.45, 7) is 4.96. The number of methoxy groups -OCH3 is 1. The Kier molecular flexibility index (Phi) is 4.83. The SMILES string of the molecule is COc1ccc(N2CCN(Cc3nnnn3C3CCCC3)CC2)cc1. The van der Waals surface area contributed by atoms with E-state index in [2.05, 4.69) is 42.1 Å². The Morgan fingerprint density at radius 2 is 1.76 bits per heavy atom. The van der Waals surface area contributed by atoms with Crippen molar-refractivity contribution in [2.75, 3.05) is 38.2 Å². The molecule has 0 radical (unpaired) electrons. The summed E-state index contributed by atoms with van der Waals surface area (Å²) < 4.78 is 7.31. The fourth-order valence-electron chi connectivity index (χ4n) is 3.91. The number of rotatable bonds is 5. The lowest BCUT2D eigenvalue weighted by Crippen LogP contribution is -2.46. The highest BCUT2D eigenvalue weighted by molar-refractivity contribution is 5.49. The molecule has 4 rings (SSSR count). The zero-order valence-corrected chi connectivity index (χ0v) is 14.8. The Morgan fingerprint density at radius 3 is 2.44 bits per heavy atom. The van der Waals surface area contributed by atoms with Gasteiger partial charge < -0.3 is 9.64 Å². The van der Waals surface area contributed by atoms with Gasteiger partial charge in [-0.15, -0.1) is 5.10 Å². The van der Waals surface area contributed by atoms with E-state index in [0.29, 0.717) is 6.04 Å².